The Morgan fingerprint density at radius 2 is 1.94 bits per heavy atom. The Morgan fingerprint density at radius 1 is 1.16 bits per heavy atom. The van der Waals surface area contributed by atoms with Crippen molar-refractivity contribution in [2.75, 3.05) is 20.3 Å². The summed E-state index contributed by atoms with van der Waals surface area (Å²) in [5.74, 6) is -2.19. The largest absolute Gasteiger partial charge is 0.381 e. The van der Waals surface area contributed by atoms with Crippen molar-refractivity contribution in [2.45, 2.75) is 37.3 Å². The van der Waals surface area contributed by atoms with Crippen LogP contribution < -0.4 is 10.6 Å². The number of fused-ring (bicyclic) bond motifs is 1. The molecule has 11 nitrogen and oxygen atoms in total. The van der Waals surface area contributed by atoms with Gasteiger partial charge in [-0.2, -0.15) is 0 Å². The second-order valence-electron chi connectivity index (χ2n) is 8.14. The molecular weight excluding hydrogens is 416 g/mol. The van der Waals surface area contributed by atoms with Crippen LogP contribution in [0.2, 0.25) is 0 Å². The number of piperidine rings is 1. The molecule has 4 amide bonds. The van der Waals surface area contributed by atoms with Crippen LogP contribution in [0.1, 0.15) is 52.1 Å². The third-order valence-electron chi connectivity index (χ3n) is 6.50. The molecule has 32 heavy (non-hydrogen) atoms. The average molecular weight is 438 g/mol. The van der Waals surface area contributed by atoms with Crippen molar-refractivity contribution >= 4 is 23.6 Å². The lowest BCUT2D eigenvalue weighted by Crippen LogP contribution is -2.54. The number of hydrogen-bond donors (Lipinski definition) is 2. The van der Waals surface area contributed by atoms with E-state index in [-0.39, 0.29) is 29.5 Å². The van der Waals surface area contributed by atoms with E-state index in [1.807, 2.05) is 7.05 Å². The van der Waals surface area contributed by atoms with Gasteiger partial charge in [0.1, 0.15) is 11.7 Å². The Balaban J connectivity index is 1.51. The number of benzene rings is 1. The fraction of sp³-hybridized carbons (Fsp3) is 0.429. The normalized spacial score (nSPS) is 22.8. The first-order valence-electron chi connectivity index (χ1n) is 10.5. The van der Waals surface area contributed by atoms with Gasteiger partial charge < -0.3 is 10.1 Å². The maximum Gasteiger partial charge on any atom is 0.264 e. The Labute approximate surface area is 183 Å². The van der Waals surface area contributed by atoms with Crippen LogP contribution in [0.15, 0.2) is 24.4 Å². The van der Waals surface area contributed by atoms with Crippen molar-refractivity contribution in [1.82, 2.24) is 30.5 Å². The zero-order chi connectivity index (χ0) is 22.5. The number of carbonyl (C=O) groups excluding carboxylic acids is 4. The lowest BCUT2D eigenvalue weighted by molar-refractivity contribution is -0.136. The third kappa shape index (κ3) is 3.04. The quantitative estimate of drug-likeness (QED) is 0.632. The molecule has 1 aromatic carbocycles. The molecule has 0 aliphatic carbocycles. The highest BCUT2D eigenvalue weighted by Gasteiger charge is 2.46. The summed E-state index contributed by atoms with van der Waals surface area (Å²) < 4.78 is 6.96. The van der Waals surface area contributed by atoms with Gasteiger partial charge in [-0.15, -0.1) is 5.10 Å². The van der Waals surface area contributed by atoms with Crippen molar-refractivity contribution in [2.24, 2.45) is 0 Å². The molecule has 1 atom stereocenters. The SMILES string of the molecule is CNC1(c2cn(-c3cccc4c3C(=O)N(C3CCC(=O)NC3=O)C4=O)nn2)CCOCC1. The van der Waals surface area contributed by atoms with Crippen LogP contribution in [-0.4, -0.2) is 69.8 Å². The number of nitrogens with zero attached hydrogens (tertiary/aromatic N) is 4. The van der Waals surface area contributed by atoms with Gasteiger partial charge in [0.25, 0.3) is 11.8 Å². The van der Waals surface area contributed by atoms with Crippen LogP contribution >= 0.6 is 0 Å². The minimum atomic E-state index is -1.02. The molecule has 4 heterocycles. The molecule has 2 N–H and O–H groups in total. The third-order valence-corrected chi connectivity index (χ3v) is 6.50. The van der Waals surface area contributed by atoms with Crippen molar-refractivity contribution in [3.8, 4) is 5.69 Å². The molecule has 0 spiro atoms. The van der Waals surface area contributed by atoms with Gasteiger partial charge in [-0.05, 0) is 38.4 Å². The van der Waals surface area contributed by atoms with E-state index in [0.29, 0.717) is 18.9 Å². The standard InChI is InChI=1S/C21H22N6O5/c1-22-21(7-9-32-10-8-21)15-11-26(25-24-15)13-4-2-3-12-17(13)20(31)27(19(12)30)14-5-6-16(28)23-18(14)29/h2-4,11,14,22H,5-10H2,1H3,(H,23,28,29). The molecule has 0 bridgehead atoms. The summed E-state index contributed by atoms with van der Waals surface area (Å²) in [5.41, 5.74) is 1.12. The molecule has 1 unspecified atom stereocenters. The van der Waals surface area contributed by atoms with Gasteiger partial charge in [0.05, 0.1) is 28.6 Å². The highest BCUT2D eigenvalue weighted by Crippen LogP contribution is 2.33. The van der Waals surface area contributed by atoms with E-state index in [1.165, 1.54) is 4.68 Å². The van der Waals surface area contributed by atoms with Crippen LogP contribution in [-0.2, 0) is 19.9 Å². The Hall–Kier alpha value is -3.44. The van der Waals surface area contributed by atoms with Crippen LogP contribution in [0.3, 0.4) is 0 Å². The van der Waals surface area contributed by atoms with Crippen LogP contribution in [0.5, 0.6) is 0 Å². The highest BCUT2D eigenvalue weighted by molar-refractivity contribution is 6.24. The molecule has 11 heteroatoms. The molecular formula is C21H22N6O5. The first-order valence-corrected chi connectivity index (χ1v) is 10.5. The minimum Gasteiger partial charge on any atom is -0.381 e. The lowest BCUT2D eigenvalue weighted by Gasteiger charge is -2.35. The van der Waals surface area contributed by atoms with E-state index in [1.54, 1.807) is 24.4 Å². The van der Waals surface area contributed by atoms with Crippen molar-refractivity contribution < 1.29 is 23.9 Å². The van der Waals surface area contributed by atoms with Crippen molar-refractivity contribution in [1.29, 1.82) is 0 Å². The maximum atomic E-state index is 13.3. The van der Waals surface area contributed by atoms with Crippen LogP contribution in [0, 0.1) is 0 Å². The Kier molecular flexibility index (Phi) is 4.86. The zero-order valence-corrected chi connectivity index (χ0v) is 17.5. The van der Waals surface area contributed by atoms with Crippen molar-refractivity contribution in [3.63, 3.8) is 0 Å². The average Bonchev–Trinajstić information content (AvgIpc) is 3.39. The summed E-state index contributed by atoms with van der Waals surface area (Å²) in [5, 5.41) is 14.1. The van der Waals surface area contributed by atoms with Gasteiger partial charge >= 0.3 is 0 Å². The van der Waals surface area contributed by atoms with E-state index in [0.717, 1.165) is 23.4 Å². The van der Waals surface area contributed by atoms with E-state index >= 15 is 0 Å². The van der Waals surface area contributed by atoms with E-state index < -0.39 is 29.7 Å². The number of aromatic nitrogens is 3. The monoisotopic (exact) mass is 438 g/mol. The summed E-state index contributed by atoms with van der Waals surface area (Å²) in [4.78, 5) is 51.1. The minimum absolute atomic E-state index is 0.0684. The number of rotatable bonds is 4. The molecule has 2 fully saturated rings. The highest BCUT2D eigenvalue weighted by atomic mass is 16.5. The Morgan fingerprint density at radius 3 is 2.66 bits per heavy atom. The van der Waals surface area contributed by atoms with E-state index in [2.05, 4.69) is 20.9 Å². The molecule has 3 aliphatic rings. The van der Waals surface area contributed by atoms with E-state index in [9.17, 15) is 19.2 Å². The zero-order valence-electron chi connectivity index (χ0n) is 17.5. The van der Waals surface area contributed by atoms with Gasteiger partial charge in [-0.3, -0.25) is 29.4 Å². The second kappa shape index (κ2) is 7.61. The number of amides is 4. The van der Waals surface area contributed by atoms with Crippen LogP contribution in [0.25, 0.3) is 5.69 Å². The molecule has 0 radical (unpaired) electrons. The fourth-order valence-electron chi connectivity index (χ4n) is 4.64. The van der Waals surface area contributed by atoms with Crippen LogP contribution in [0.4, 0.5) is 0 Å². The summed E-state index contributed by atoms with van der Waals surface area (Å²) in [7, 11) is 1.87. The summed E-state index contributed by atoms with van der Waals surface area (Å²) in [6.45, 7) is 1.20. The number of imide groups is 2. The predicted molar refractivity (Wildman–Crippen MR) is 109 cm³/mol. The molecule has 5 rings (SSSR count). The fourth-order valence-corrected chi connectivity index (χ4v) is 4.64. The van der Waals surface area contributed by atoms with Gasteiger partial charge in [0, 0.05) is 19.6 Å². The van der Waals surface area contributed by atoms with Gasteiger partial charge in [0.2, 0.25) is 11.8 Å². The van der Waals surface area contributed by atoms with Gasteiger partial charge in [-0.25, -0.2) is 4.68 Å². The molecule has 2 saturated heterocycles. The molecule has 166 valence electrons. The smallest absolute Gasteiger partial charge is 0.264 e. The predicted octanol–water partition coefficient (Wildman–Crippen LogP) is -0.106. The van der Waals surface area contributed by atoms with E-state index in [4.69, 9.17) is 4.74 Å². The molecule has 3 aliphatic heterocycles. The number of nitrogens with one attached hydrogen (secondary N) is 2. The number of carbonyl (C=O) groups is 4. The number of ether oxygens (including phenoxy) is 1. The Bertz CT molecular complexity index is 1140. The van der Waals surface area contributed by atoms with Crippen molar-refractivity contribution in [3.05, 3.63) is 41.2 Å². The van der Waals surface area contributed by atoms with Gasteiger partial charge in [-0.1, -0.05) is 11.3 Å². The lowest BCUT2D eigenvalue weighted by atomic mass is 9.87. The summed E-state index contributed by atoms with van der Waals surface area (Å²) >= 11 is 0. The topological polar surface area (TPSA) is 136 Å². The summed E-state index contributed by atoms with van der Waals surface area (Å²) in [6.07, 6.45) is 3.39. The summed E-state index contributed by atoms with van der Waals surface area (Å²) in [6, 6.07) is 3.88. The molecule has 2 aromatic rings. The first-order chi connectivity index (χ1) is 15.4. The first kappa shape index (κ1) is 20.5. The molecule has 1 aromatic heterocycles. The number of hydrogen-bond acceptors (Lipinski definition) is 8. The maximum absolute atomic E-state index is 13.3. The van der Waals surface area contributed by atoms with Gasteiger partial charge in [0.15, 0.2) is 0 Å². The molecule has 0 saturated carbocycles. The second-order valence-corrected chi connectivity index (χ2v) is 8.14.